The molecule has 0 saturated carbocycles. The van der Waals surface area contributed by atoms with Crippen molar-refractivity contribution in [1.29, 1.82) is 0 Å². The number of aromatic nitrogens is 1. The fraction of sp³-hybridized carbons (Fsp3) is 0.357. The first kappa shape index (κ1) is 24.0. The molecule has 1 heterocycles. The Bertz CT molecular complexity index is 1110. The van der Waals surface area contributed by atoms with Crippen LogP contribution in [0.2, 0.25) is 0 Å². The standard InChI is InChI=1S/C28H32FN3O2/c1-19(33)17-32(2)18-21-4-6-23-13-20(3-5-24(23)14-21)15-31-28(34)25-9-12-27(30-16-25)22-7-10-26(29)11-8-22/h4,6-12,14,16,19-20,33H,3,5,13,15,17-18H2,1-2H3,(H,31,34). The van der Waals surface area contributed by atoms with Gasteiger partial charge in [-0.1, -0.05) is 18.2 Å². The lowest BCUT2D eigenvalue weighted by molar-refractivity contribution is 0.0945. The number of pyridine rings is 1. The summed E-state index contributed by atoms with van der Waals surface area (Å²) in [5.41, 5.74) is 6.06. The second kappa shape index (κ2) is 10.9. The molecule has 2 aromatic carbocycles. The Hall–Kier alpha value is -3.09. The Morgan fingerprint density at radius 3 is 2.68 bits per heavy atom. The molecule has 1 aromatic heterocycles. The number of carbonyl (C=O) groups excluding carboxylic acids is 1. The summed E-state index contributed by atoms with van der Waals surface area (Å²) in [4.78, 5) is 19.1. The van der Waals surface area contributed by atoms with Crippen molar-refractivity contribution in [3.05, 3.63) is 88.9 Å². The highest BCUT2D eigenvalue weighted by molar-refractivity contribution is 5.94. The van der Waals surface area contributed by atoms with Crippen molar-refractivity contribution in [2.45, 2.75) is 38.8 Å². The monoisotopic (exact) mass is 461 g/mol. The van der Waals surface area contributed by atoms with Gasteiger partial charge in [-0.15, -0.1) is 0 Å². The van der Waals surface area contributed by atoms with Crippen molar-refractivity contribution >= 4 is 5.91 Å². The van der Waals surface area contributed by atoms with Gasteiger partial charge in [0.1, 0.15) is 5.82 Å². The number of likely N-dealkylation sites (N-methyl/N-ethyl adjacent to an activating group) is 1. The topological polar surface area (TPSA) is 65.5 Å². The van der Waals surface area contributed by atoms with E-state index in [4.69, 9.17) is 0 Å². The van der Waals surface area contributed by atoms with Crippen molar-refractivity contribution < 1.29 is 14.3 Å². The van der Waals surface area contributed by atoms with Crippen molar-refractivity contribution in [3.8, 4) is 11.3 Å². The Morgan fingerprint density at radius 2 is 1.97 bits per heavy atom. The zero-order valence-electron chi connectivity index (χ0n) is 19.8. The van der Waals surface area contributed by atoms with Crippen LogP contribution in [-0.2, 0) is 19.4 Å². The van der Waals surface area contributed by atoms with Crippen molar-refractivity contribution in [3.63, 3.8) is 0 Å². The number of nitrogens with zero attached hydrogens (tertiary/aromatic N) is 2. The van der Waals surface area contributed by atoms with E-state index in [1.165, 1.54) is 28.8 Å². The van der Waals surface area contributed by atoms with Crippen molar-refractivity contribution in [2.75, 3.05) is 20.1 Å². The number of fused-ring (bicyclic) bond motifs is 1. The van der Waals surface area contributed by atoms with Crippen LogP contribution in [0.1, 0.15) is 40.4 Å². The summed E-state index contributed by atoms with van der Waals surface area (Å²) in [6, 6.07) is 16.4. The van der Waals surface area contributed by atoms with Crippen LogP contribution in [0.3, 0.4) is 0 Å². The number of benzene rings is 2. The average molecular weight is 462 g/mol. The second-order valence-electron chi connectivity index (χ2n) is 9.41. The normalized spacial score (nSPS) is 16.2. The lowest BCUT2D eigenvalue weighted by atomic mass is 9.83. The minimum atomic E-state index is -0.331. The molecule has 0 spiro atoms. The van der Waals surface area contributed by atoms with E-state index in [-0.39, 0.29) is 17.8 Å². The zero-order valence-corrected chi connectivity index (χ0v) is 19.8. The quantitative estimate of drug-likeness (QED) is 0.527. The van der Waals surface area contributed by atoms with Gasteiger partial charge in [0.25, 0.3) is 5.91 Å². The third-order valence-corrected chi connectivity index (χ3v) is 6.35. The van der Waals surface area contributed by atoms with Crippen LogP contribution in [-0.4, -0.2) is 47.1 Å². The minimum Gasteiger partial charge on any atom is -0.392 e. The van der Waals surface area contributed by atoms with Gasteiger partial charge in [-0.3, -0.25) is 14.7 Å². The van der Waals surface area contributed by atoms with Crippen LogP contribution in [0.5, 0.6) is 0 Å². The van der Waals surface area contributed by atoms with E-state index in [0.29, 0.717) is 30.3 Å². The van der Waals surface area contributed by atoms with Gasteiger partial charge in [-0.05, 0) is 92.2 Å². The molecule has 2 N–H and O–H groups in total. The SMILES string of the molecule is CC(O)CN(C)Cc1ccc2c(c1)CCC(CNC(=O)c1ccc(-c3ccc(F)cc3)nc1)C2. The molecule has 0 fully saturated rings. The number of amides is 1. The predicted molar refractivity (Wildman–Crippen MR) is 132 cm³/mol. The van der Waals surface area contributed by atoms with Crippen molar-refractivity contribution in [2.24, 2.45) is 5.92 Å². The number of rotatable bonds is 8. The molecule has 0 bridgehead atoms. The van der Waals surface area contributed by atoms with E-state index in [1.54, 1.807) is 30.5 Å². The lowest BCUT2D eigenvalue weighted by Crippen LogP contribution is -2.32. The van der Waals surface area contributed by atoms with Gasteiger partial charge in [0.2, 0.25) is 0 Å². The highest BCUT2D eigenvalue weighted by atomic mass is 19.1. The third-order valence-electron chi connectivity index (χ3n) is 6.35. The summed E-state index contributed by atoms with van der Waals surface area (Å²) in [6.45, 7) is 3.92. The van der Waals surface area contributed by atoms with E-state index >= 15 is 0 Å². The first-order valence-electron chi connectivity index (χ1n) is 11.8. The molecule has 2 unspecified atom stereocenters. The van der Waals surface area contributed by atoms with Gasteiger partial charge in [-0.25, -0.2) is 4.39 Å². The Morgan fingerprint density at radius 1 is 1.18 bits per heavy atom. The Labute approximate surface area is 200 Å². The number of hydrogen-bond acceptors (Lipinski definition) is 4. The van der Waals surface area contributed by atoms with Gasteiger partial charge in [-0.2, -0.15) is 0 Å². The van der Waals surface area contributed by atoms with Crippen LogP contribution in [0, 0.1) is 11.7 Å². The third kappa shape index (κ3) is 6.27. The molecule has 0 saturated heterocycles. The summed E-state index contributed by atoms with van der Waals surface area (Å²) in [7, 11) is 2.02. The molecule has 0 radical (unpaired) electrons. The van der Waals surface area contributed by atoms with Gasteiger partial charge in [0, 0.05) is 31.4 Å². The highest BCUT2D eigenvalue weighted by Crippen LogP contribution is 2.27. The minimum absolute atomic E-state index is 0.125. The summed E-state index contributed by atoms with van der Waals surface area (Å²) in [5.74, 6) is -0.00190. The maximum absolute atomic E-state index is 13.1. The van der Waals surface area contributed by atoms with Crippen LogP contribution in [0.25, 0.3) is 11.3 Å². The predicted octanol–water partition coefficient (Wildman–Crippen LogP) is 4.24. The zero-order chi connectivity index (χ0) is 24.1. The molecule has 1 aliphatic carbocycles. The molecule has 1 aliphatic rings. The van der Waals surface area contributed by atoms with Gasteiger partial charge in [0.05, 0.1) is 17.4 Å². The maximum atomic E-state index is 13.1. The molecule has 6 heteroatoms. The second-order valence-corrected chi connectivity index (χ2v) is 9.41. The summed E-state index contributed by atoms with van der Waals surface area (Å²) in [6.07, 6.45) is 4.25. The molecule has 178 valence electrons. The number of halogens is 1. The van der Waals surface area contributed by atoms with E-state index in [1.807, 2.05) is 14.0 Å². The fourth-order valence-corrected chi connectivity index (χ4v) is 4.64. The number of aliphatic hydroxyl groups is 1. The first-order chi connectivity index (χ1) is 16.4. The molecular formula is C28H32FN3O2. The van der Waals surface area contributed by atoms with Gasteiger partial charge in [0.15, 0.2) is 0 Å². The van der Waals surface area contributed by atoms with E-state index in [0.717, 1.165) is 31.4 Å². The summed E-state index contributed by atoms with van der Waals surface area (Å²) in [5, 5.41) is 12.6. The number of carbonyl (C=O) groups is 1. The van der Waals surface area contributed by atoms with Crippen molar-refractivity contribution in [1.82, 2.24) is 15.2 Å². The Kier molecular flexibility index (Phi) is 7.70. The highest BCUT2D eigenvalue weighted by Gasteiger charge is 2.20. The van der Waals surface area contributed by atoms with Gasteiger partial charge < -0.3 is 10.4 Å². The van der Waals surface area contributed by atoms with E-state index in [2.05, 4.69) is 33.4 Å². The molecule has 5 nitrogen and oxygen atoms in total. The molecular weight excluding hydrogens is 429 g/mol. The van der Waals surface area contributed by atoms with Crippen LogP contribution in [0.15, 0.2) is 60.8 Å². The number of hydrogen-bond donors (Lipinski definition) is 2. The van der Waals surface area contributed by atoms with E-state index < -0.39 is 0 Å². The molecule has 3 aromatic rings. The van der Waals surface area contributed by atoms with E-state index in [9.17, 15) is 14.3 Å². The lowest BCUT2D eigenvalue weighted by Gasteiger charge is -2.26. The molecule has 2 atom stereocenters. The maximum Gasteiger partial charge on any atom is 0.252 e. The number of nitrogens with one attached hydrogen (secondary N) is 1. The van der Waals surface area contributed by atoms with Gasteiger partial charge >= 0.3 is 0 Å². The van der Waals surface area contributed by atoms with Crippen LogP contribution in [0.4, 0.5) is 4.39 Å². The first-order valence-corrected chi connectivity index (χ1v) is 11.8. The summed E-state index contributed by atoms with van der Waals surface area (Å²) < 4.78 is 13.1. The largest absolute Gasteiger partial charge is 0.392 e. The smallest absolute Gasteiger partial charge is 0.252 e. The molecule has 4 rings (SSSR count). The summed E-state index contributed by atoms with van der Waals surface area (Å²) >= 11 is 0. The van der Waals surface area contributed by atoms with Crippen LogP contribution >= 0.6 is 0 Å². The Balaban J connectivity index is 1.29. The average Bonchev–Trinajstić information content (AvgIpc) is 2.82. The van der Waals surface area contributed by atoms with Crippen LogP contribution < -0.4 is 5.32 Å². The molecule has 34 heavy (non-hydrogen) atoms. The number of aliphatic hydroxyl groups excluding tert-OH is 1. The molecule has 1 amide bonds. The fourth-order valence-electron chi connectivity index (χ4n) is 4.64. The molecule has 0 aliphatic heterocycles. The number of aryl methyl sites for hydroxylation is 1.